The average Bonchev–Trinajstić information content (AvgIpc) is 2.52. The van der Waals surface area contributed by atoms with Crippen LogP contribution in [0.3, 0.4) is 0 Å². The molecule has 1 aliphatic carbocycles. The van der Waals surface area contributed by atoms with Gasteiger partial charge in [-0.05, 0) is 42.9 Å². The van der Waals surface area contributed by atoms with Gasteiger partial charge < -0.3 is 5.11 Å². The van der Waals surface area contributed by atoms with E-state index >= 15 is 0 Å². The van der Waals surface area contributed by atoms with E-state index in [1.807, 2.05) is 6.07 Å². The van der Waals surface area contributed by atoms with Gasteiger partial charge in [-0.25, -0.2) is 4.39 Å². The number of aliphatic hydroxyl groups excluding tert-OH is 1. The van der Waals surface area contributed by atoms with Gasteiger partial charge in [-0.1, -0.05) is 12.1 Å². The van der Waals surface area contributed by atoms with Crippen LogP contribution in [0.25, 0.3) is 0 Å². The summed E-state index contributed by atoms with van der Waals surface area (Å²) in [5, 5.41) is 9.34. The summed E-state index contributed by atoms with van der Waals surface area (Å²) in [4.78, 5) is 0. The van der Waals surface area contributed by atoms with E-state index in [2.05, 4.69) is 0 Å². The van der Waals surface area contributed by atoms with Gasteiger partial charge in [-0.3, -0.25) is 0 Å². The van der Waals surface area contributed by atoms with Crippen molar-refractivity contribution < 1.29 is 9.50 Å². The molecule has 0 unspecified atom stereocenters. The minimum Gasteiger partial charge on any atom is -0.393 e. The summed E-state index contributed by atoms with van der Waals surface area (Å²) in [7, 11) is 0. The number of aliphatic hydroxyl groups is 1. The van der Waals surface area contributed by atoms with Crippen molar-refractivity contribution in [3.05, 3.63) is 35.6 Å². The van der Waals surface area contributed by atoms with Gasteiger partial charge in [0.15, 0.2) is 0 Å². The highest BCUT2D eigenvalue weighted by Crippen LogP contribution is 2.34. The van der Waals surface area contributed by atoms with Crippen LogP contribution in [0.2, 0.25) is 0 Å². The molecule has 2 atom stereocenters. The third-order valence-corrected chi connectivity index (χ3v) is 2.73. The van der Waals surface area contributed by atoms with Crippen molar-refractivity contribution in [2.24, 2.45) is 0 Å². The first-order valence-corrected chi connectivity index (χ1v) is 4.69. The van der Waals surface area contributed by atoms with E-state index in [9.17, 15) is 9.50 Å². The first-order valence-electron chi connectivity index (χ1n) is 4.69. The maximum Gasteiger partial charge on any atom is 0.123 e. The molecule has 0 amide bonds. The summed E-state index contributed by atoms with van der Waals surface area (Å²) in [6.45, 7) is 0. The van der Waals surface area contributed by atoms with Gasteiger partial charge in [-0.2, -0.15) is 0 Å². The predicted molar refractivity (Wildman–Crippen MR) is 49.0 cm³/mol. The smallest absolute Gasteiger partial charge is 0.123 e. The molecule has 1 fully saturated rings. The van der Waals surface area contributed by atoms with Gasteiger partial charge in [0, 0.05) is 0 Å². The van der Waals surface area contributed by atoms with E-state index in [1.165, 1.54) is 6.07 Å². The van der Waals surface area contributed by atoms with Crippen LogP contribution in [-0.2, 0) is 0 Å². The SMILES string of the molecule is O[C@@H]1CC[C@@H](c2cccc(F)c2)C1. The van der Waals surface area contributed by atoms with Crippen LogP contribution in [-0.4, -0.2) is 11.2 Å². The van der Waals surface area contributed by atoms with Gasteiger partial charge >= 0.3 is 0 Å². The number of rotatable bonds is 1. The zero-order valence-electron chi connectivity index (χ0n) is 7.41. The summed E-state index contributed by atoms with van der Waals surface area (Å²) in [6, 6.07) is 6.69. The highest BCUT2D eigenvalue weighted by molar-refractivity contribution is 5.21. The van der Waals surface area contributed by atoms with Crippen molar-refractivity contribution >= 4 is 0 Å². The Morgan fingerprint density at radius 2 is 2.15 bits per heavy atom. The molecule has 0 saturated heterocycles. The Morgan fingerprint density at radius 3 is 2.77 bits per heavy atom. The Kier molecular flexibility index (Phi) is 2.32. The lowest BCUT2D eigenvalue weighted by Gasteiger charge is -2.08. The predicted octanol–water partition coefficient (Wildman–Crippen LogP) is 2.45. The summed E-state index contributed by atoms with van der Waals surface area (Å²) < 4.78 is 12.9. The summed E-state index contributed by atoms with van der Waals surface area (Å²) in [5.74, 6) is 0.171. The molecule has 0 radical (unpaired) electrons. The Hall–Kier alpha value is -0.890. The molecule has 70 valence electrons. The highest BCUT2D eigenvalue weighted by atomic mass is 19.1. The summed E-state index contributed by atoms with van der Waals surface area (Å²) in [6.07, 6.45) is 2.42. The van der Waals surface area contributed by atoms with Gasteiger partial charge in [-0.15, -0.1) is 0 Å². The zero-order valence-corrected chi connectivity index (χ0v) is 7.41. The lowest BCUT2D eigenvalue weighted by atomic mass is 9.98. The van der Waals surface area contributed by atoms with E-state index in [-0.39, 0.29) is 11.9 Å². The molecule has 0 bridgehead atoms. The minimum absolute atomic E-state index is 0.182. The summed E-state index contributed by atoms with van der Waals surface area (Å²) in [5.41, 5.74) is 1.02. The van der Waals surface area contributed by atoms with Crippen molar-refractivity contribution in [2.75, 3.05) is 0 Å². The topological polar surface area (TPSA) is 20.2 Å². The molecule has 1 aliphatic rings. The molecular weight excluding hydrogens is 167 g/mol. The fourth-order valence-corrected chi connectivity index (χ4v) is 2.02. The minimum atomic E-state index is -0.187. The first-order chi connectivity index (χ1) is 6.25. The second-order valence-corrected chi connectivity index (χ2v) is 3.72. The maximum absolute atomic E-state index is 12.9. The van der Waals surface area contributed by atoms with Crippen LogP contribution < -0.4 is 0 Å². The first kappa shape index (κ1) is 8.70. The van der Waals surface area contributed by atoms with E-state index in [0.717, 1.165) is 24.8 Å². The number of hydrogen-bond donors (Lipinski definition) is 1. The second-order valence-electron chi connectivity index (χ2n) is 3.72. The van der Waals surface area contributed by atoms with Crippen LogP contribution in [0, 0.1) is 5.82 Å². The van der Waals surface area contributed by atoms with Gasteiger partial charge in [0.25, 0.3) is 0 Å². The fraction of sp³-hybridized carbons (Fsp3) is 0.455. The molecule has 1 nitrogen and oxygen atoms in total. The number of benzene rings is 1. The fourth-order valence-electron chi connectivity index (χ4n) is 2.02. The standard InChI is InChI=1S/C11H13FO/c12-10-3-1-2-8(6-10)9-4-5-11(13)7-9/h1-3,6,9,11,13H,4-5,7H2/t9-,11-/m1/s1. The van der Waals surface area contributed by atoms with E-state index in [4.69, 9.17) is 0 Å². The van der Waals surface area contributed by atoms with Gasteiger partial charge in [0.1, 0.15) is 5.82 Å². The van der Waals surface area contributed by atoms with Crippen LogP contribution in [0.4, 0.5) is 4.39 Å². The molecule has 0 spiro atoms. The molecule has 13 heavy (non-hydrogen) atoms. The largest absolute Gasteiger partial charge is 0.393 e. The number of hydrogen-bond acceptors (Lipinski definition) is 1. The Bertz CT molecular complexity index is 298. The van der Waals surface area contributed by atoms with Gasteiger partial charge in [0.05, 0.1) is 6.10 Å². The Labute approximate surface area is 77.2 Å². The van der Waals surface area contributed by atoms with Crippen molar-refractivity contribution in [3.63, 3.8) is 0 Å². The lowest BCUT2D eigenvalue weighted by molar-refractivity contribution is 0.181. The van der Waals surface area contributed by atoms with Crippen molar-refractivity contribution in [3.8, 4) is 0 Å². The molecule has 0 heterocycles. The van der Waals surface area contributed by atoms with Crippen molar-refractivity contribution in [2.45, 2.75) is 31.3 Å². The van der Waals surface area contributed by atoms with Crippen LogP contribution in [0.5, 0.6) is 0 Å². The maximum atomic E-state index is 12.9. The lowest BCUT2D eigenvalue weighted by Crippen LogP contribution is -1.99. The molecule has 2 rings (SSSR count). The Morgan fingerprint density at radius 1 is 1.31 bits per heavy atom. The summed E-state index contributed by atoms with van der Waals surface area (Å²) >= 11 is 0. The zero-order chi connectivity index (χ0) is 9.26. The quantitative estimate of drug-likeness (QED) is 0.703. The van der Waals surface area contributed by atoms with E-state index in [1.54, 1.807) is 12.1 Å². The molecule has 0 aliphatic heterocycles. The average molecular weight is 180 g/mol. The molecule has 1 saturated carbocycles. The van der Waals surface area contributed by atoms with Crippen LogP contribution in [0.15, 0.2) is 24.3 Å². The third kappa shape index (κ3) is 1.89. The van der Waals surface area contributed by atoms with Crippen molar-refractivity contribution in [1.82, 2.24) is 0 Å². The molecule has 0 aromatic heterocycles. The van der Waals surface area contributed by atoms with Crippen LogP contribution in [0.1, 0.15) is 30.7 Å². The molecule has 1 aromatic carbocycles. The van der Waals surface area contributed by atoms with Crippen LogP contribution >= 0.6 is 0 Å². The molecular formula is C11H13FO. The highest BCUT2D eigenvalue weighted by Gasteiger charge is 2.23. The third-order valence-electron chi connectivity index (χ3n) is 2.73. The van der Waals surface area contributed by atoms with Crippen molar-refractivity contribution in [1.29, 1.82) is 0 Å². The van der Waals surface area contributed by atoms with E-state index in [0.29, 0.717) is 5.92 Å². The van der Waals surface area contributed by atoms with E-state index < -0.39 is 0 Å². The molecule has 1 N–H and O–H groups in total. The number of halogens is 1. The molecule has 1 aromatic rings. The normalized spacial score (nSPS) is 27.8. The Balaban J connectivity index is 2.16. The second kappa shape index (κ2) is 3.46. The monoisotopic (exact) mass is 180 g/mol. The van der Waals surface area contributed by atoms with Gasteiger partial charge in [0.2, 0.25) is 0 Å². The molecule has 2 heteroatoms.